The Hall–Kier alpha value is -2.08. The van der Waals surface area contributed by atoms with Gasteiger partial charge in [-0.1, -0.05) is 49.6 Å². The van der Waals surface area contributed by atoms with Crippen molar-refractivity contribution in [2.24, 2.45) is 5.92 Å². The second kappa shape index (κ2) is 7.27. The summed E-state index contributed by atoms with van der Waals surface area (Å²) in [5.74, 6) is -0.373. The lowest BCUT2D eigenvalue weighted by Crippen LogP contribution is -2.47. The van der Waals surface area contributed by atoms with Gasteiger partial charge in [-0.15, -0.1) is 0 Å². The van der Waals surface area contributed by atoms with Crippen LogP contribution in [0.15, 0.2) is 24.3 Å². The highest BCUT2D eigenvalue weighted by atomic mass is 35.5. The van der Waals surface area contributed by atoms with Crippen molar-refractivity contribution in [1.82, 2.24) is 15.5 Å². The highest BCUT2D eigenvalue weighted by Crippen LogP contribution is 2.33. The molecule has 2 fully saturated rings. The number of hydrogen-bond acceptors (Lipinski definition) is 3. The molecular weight excluding hydrogens is 354 g/mol. The van der Waals surface area contributed by atoms with Crippen molar-refractivity contribution in [3.8, 4) is 0 Å². The van der Waals surface area contributed by atoms with Crippen molar-refractivity contribution in [3.05, 3.63) is 34.9 Å². The average Bonchev–Trinajstić information content (AvgIpc) is 2.81. The molecule has 3 rings (SSSR count). The summed E-state index contributed by atoms with van der Waals surface area (Å²) in [6.45, 7) is 3.44. The fourth-order valence-corrected chi connectivity index (χ4v) is 4.14. The summed E-state index contributed by atoms with van der Waals surface area (Å²) < 4.78 is 0. The Kier molecular flexibility index (Phi) is 5.23. The van der Waals surface area contributed by atoms with Crippen LogP contribution in [0.5, 0.6) is 0 Å². The Balaban J connectivity index is 1.71. The lowest BCUT2D eigenvalue weighted by Gasteiger charge is -2.30. The smallest absolute Gasteiger partial charge is 0.325 e. The van der Waals surface area contributed by atoms with Crippen molar-refractivity contribution in [1.29, 1.82) is 0 Å². The molecule has 1 aromatic rings. The molecular formula is C19H24ClN3O3. The molecule has 0 spiro atoms. The summed E-state index contributed by atoms with van der Waals surface area (Å²) in [6.07, 6.45) is 4.28. The fourth-order valence-electron chi connectivity index (χ4n) is 3.82. The first kappa shape index (κ1) is 18.7. The van der Waals surface area contributed by atoms with E-state index in [-0.39, 0.29) is 18.5 Å². The van der Waals surface area contributed by atoms with Crippen LogP contribution in [-0.2, 0) is 15.1 Å². The molecule has 1 saturated carbocycles. The van der Waals surface area contributed by atoms with Crippen LogP contribution < -0.4 is 10.6 Å². The molecule has 0 bridgehead atoms. The third kappa shape index (κ3) is 3.43. The molecule has 4 amide bonds. The van der Waals surface area contributed by atoms with Crippen LogP contribution >= 0.6 is 11.6 Å². The molecule has 0 aromatic heterocycles. The predicted molar refractivity (Wildman–Crippen MR) is 98.6 cm³/mol. The number of amides is 4. The SMILES string of the molecule is C[C@H]1CCCC[C@@H]1NC(=O)CN1C(=O)N[C@](C)(c2ccccc2Cl)C1=O. The van der Waals surface area contributed by atoms with E-state index in [2.05, 4.69) is 17.6 Å². The number of carbonyl (C=O) groups excluding carboxylic acids is 3. The van der Waals surface area contributed by atoms with Gasteiger partial charge in [-0.2, -0.15) is 0 Å². The van der Waals surface area contributed by atoms with Crippen LogP contribution in [0.4, 0.5) is 4.79 Å². The number of nitrogens with zero attached hydrogens (tertiary/aromatic N) is 1. The van der Waals surface area contributed by atoms with Crippen molar-refractivity contribution in [2.75, 3.05) is 6.54 Å². The number of nitrogens with one attached hydrogen (secondary N) is 2. The van der Waals surface area contributed by atoms with Gasteiger partial charge in [0.15, 0.2) is 0 Å². The normalized spacial score (nSPS) is 28.8. The second-order valence-corrected chi connectivity index (χ2v) is 7.77. The molecule has 140 valence electrons. The molecule has 3 atom stereocenters. The molecule has 7 heteroatoms. The minimum atomic E-state index is -1.27. The topological polar surface area (TPSA) is 78.5 Å². The number of carbonyl (C=O) groups is 3. The third-order valence-electron chi connectivity index (χ3n) is 5.45. The molecule has 26 heavy (non-hydrogen) atoms. The van der Waals surface area contributed by atoms with E-state index in [1.54, 1.807) is 31.2 Å². The van der Waals surface area contributed by atoms with Crippen molar-refractivity contribution in [3.63, 3.8) is 0 Å². The Bertz CT molecular complexity index is 738. The zero-order valence-corrected chi connectivity index (χ0v) is 15.8. The Morgan fingerprint density at radius 2 is 2.00 bits per heavy atom. The lowest BCUT2D eigenvalue weighted by atomic mass is 9.86. The number of urea groups is 1. The summed E-state index contributed by atoms with van der Waals surface area (Å²) in [5.41, 5.74) is -0.753. The molecule has 1 aliphatic heterocycles. The highest BCUT2D eigenvalue weighted by molar-refractivity contribution is 6.32. The first-order chi connectivity index (χ1) is 12.3. The van der Waals surface area contributed by atoms with Gasteiger partial charge in [0.25, 0.3) is 5.91 Å². The van der Waals surface area contributed by atoms with E-state index in [0.29, 0.717) is 16.5 Å². The van der Waals surface area contributed by atoms with Gasteiger partial charge in [-0.3, -0.25) is 14.5 Å². The Labute approximate surface area is 158 Å². The van der Waals surface area contributed by atoms with Crippen LogP contribution in [0, 0.1) is 5.92 Å². The van der Waals surface area contributed by atoms with Gasteiger partial charge in [0.05, 0.1) is 0 Å². The summed E-state index contributed by atoms with van der Waals surface area (Å²) in [6, 6.07) is 6.41. The van der Waals surface area contributed by atoms with Gasteiger partial charge in [-0.25, -0.2) is 4.79 Å². The Morgan fingerprint density at radius 3 is 2.69 bits per heavy atom. The fraction of sp³-hybridized carbons (Fsp3) is 0.526. The van der Waals surface area contributed by atoms with E-state index in [1.165, 1.54) is 6.42 Å². The maximum absolute atomic E-state index is 12.9. The van der Waals surface area contributed by atoms with Gasteiger partial charge in [0.2, 0.25) is 5.91 Å². The predicted octanol–water partition coefficient (Wildman–Crippen LogP) is 2.80. The van der Waals surface area contributed by atoms with E-state index in [4.69, 9.17) is 11.6 Å². The van der Waals surface area contributed by atoms with Gasteiger partial charge < -0.3 is 10.6 Å². The van der Waals surface area contributed by atoms with Gasteiger partial charge in [0.1, 0.15) is 12.1 Å². The Morgan fingerprint density at radius 1 is 1.31 bits per heavy atom. The monoisotopic (exact) mass is 377 g/mol. The minimum absolute atomic E-state index is 0.104. The van der Waals surface area contributed by atoms with Gasteiger partial charge in [-0.05, 0) is 31.7 Å². The van der Waals surface area contributed by atoms with E-state index in [0.717, 1.165) is 24.2 Å². The molecule has 1 aromatic carbocycles. The van der Waals surface area contributed by atoms with Crippen LogP contribution in [0.2, 0.25) is 5.02 Å². The average molecular weight is 378 g/mol. The number of hydrogen-bond donors (Lipinski definition) is 2. The quantitative estimate of drug-likeness (QED) is 0.792. The van der Waals surface area contributed by atoms with Crippen LogP contribution in [0.1, 0.15) is 45.1 Å². The third-order valence-corrected chi connectivity index (χ3v) is 5.78. The number of imide groups is 1. The standard InChI is InChI=1S/C19H24ClN3O3/c1-12-7-3-6-10-15(12)21-16(24)11-23-17(25)19(2,22-18(23)26)13-8-4-5-9-14(13)20/h4-5,8-9,12,15H,3,6-7,10-11H2,1-2H3,(H,21,24)(H,22,26)/t12-,15-,19+/m0/s1. The molecule has 2 aliphatic rings. The molecule has 1 saturated heterocycles. The number of benzene rings is 1. The maximum atomic E-state index is 12.9. The van der Waals surface area contributed by atoms with Gasteiger partial charge in [0, 0.05) is 16.6 Å². The van der Waals surface area contributed by atoms with Crippen LogP contribution in [0.25, 0.3) is 0 Å². The molecule has 0 unspecified atom stereocenters. The zero-order valence-electron chi connectivity index (χ0n) is 15.0. The van der Waals surface area contributed by atoms with Crippen molar-refractivity contribution in [2.45, 2.75) is 51.1 Å². The number of halogens is 1. The summed E-state index contributed by atoms with van der Waals surface area (Å²) >= 11 is 6.20. The molecule has 2 N–H and O–H groups in total. The maximum Gasteiger partial charge on any atom is 0.325 e. The summed E-state index contributed by atoms with van der Waals surface area (Å²) in [7, 11) is 0. The van der Waals surface area contributed by atoms with Crippen molar-refractivity contribution < 1.29 is 14.4 Å². The second-order valence-electron chi connectivity index (χ2n) is 7.36. The van der Waals surface area contributed by atoms with E-state index in [1.807, 2.05) is 0 Å². The van der Waals surface area contributed by atoms with E-state index >= 15 is 0 Å². The first-order valence-electron chi connectivity index (χ1n) is 9.01. The number of rotatable bonds is 4. The molecule has 0 radical (unpaired) electrons. The van der Waals surface area contributed by atoms with Gasteiger partial charge >= 0.3 is 6.03 Å². The lowest BCUT2D eigenvalue weighted by molar-refractivity contribution is -0.135. The van der Waals surface area contributed by atoms with Crippen LogP contribution in [0.3, 0.4) is 0 Å². The van der Waals surface area contributed by atoms with E-state index in [9.17, 15) is 14.4 Å². The highest BCUT2D eigenvalue weighted by Gasteiger charge is 2.50. The first-order valence-corrected chi connectivity index (χ1v) is 9.39. The van der Waals surface area contributed by atoms with Crippen LogP contribution in [-0.4, -0.2) is 35.3 Å². The molecule has 6 nitrogen and oxygen atoms in total. The summed E-state index contributed by atoms with van der Waals surface area (Å²) in [5, 5.41) is 6.05. The molecule has 1 heterocycles. The van der Waals surface area contributed by atoms with E-state index < -0.39 is 17.5 Å². The summed E-state index contributed by atoms with van der Waals surface area (Å²) in [4.78, 5) is 38.6. The zero-order chi connectivity index (χ0) is 18.9. The minimum Gasteiger partial charge on any atom is -0.352 e. The largest absolute Gasteiger partial charge is 0.352 e. The van der Waals surface area contributed by atoms with Crippen molar-refractivity contribution >= 4 is 29.4 Å². The molecule has 1 aliphatic carbocycles.